The molecule has 1 unspecified atom stereocenters. The molecular weight excluding hydrogens is 258 g/mol. The molecule has 1 heterocycles. The van der Waals surface area contributed by atoms with Crippen molar-refractivity contribution >= 4 is 11.9 Å². The summed E-state index contributed by atoms with van der Waals surface area (Å²) in [5.74, 6) is 0.813. The van der Waals surface area contributed by atoms with Crippen molar-refractivity contribution in [1.29, 1.82) is 0 Å². The summed E-state index contributed by atoms with van der Waals surface area (Å²) in [6, 6.07) is 0. The average molecular weight is 285 g/mol. The Morgan fingerprint density at radius 2 is 2.25 bits per heavy atom. The molecule has 0 radical (unpaired) electrons. The lowest BCUT2D eigenvalue weighted by molar-refractivity contribution is 0.0276. The van der Waals surface area contributed by atoms with Gasteiger partial charge in [0.2, 0.25) is 0 Å². The largest absolute Gasteiger partial charge is 0.444 e. The first-order valence-corrected chi connectivity index (χ1v) is 7.21. The van der Waals surface area contributed by atoms with Crippen LogP contribution in [0.5, 0.6) is 0 Å². The fourth-order valence-electron chi connectivity index (χ4n) is 1.84. The molecule has 0 saturated carbocycles. The van der Waals surface area contributed by atoms with Gasteiger partial charge in [-0.3, -0.25) is 9.89 Å². The summed E-state index contributed by atoms with van der Waals surface area (Å²) in [6.45, 7) is 9.76. The van der Waals surface area contributed by atoms with Gasteiger partial charge >= 0.3 is 6.09 Å². The van der Waals surface area contributed by atoms with E-state index in [1.807, 2.05) is 20.8 Å². The predicted molar refractivity (Wildman–Crippen MR) is 79.0 cm³/mol. The number of amidine groups is 1. The van der Waals surface area contributed by atoms with Crippen LogP contribution in [0.2, 0.25) is 0 Å². The maximum Gasteiger partial charge on any atom is 0.410 e. The van der Waals surface area contributed by atoms with Gasteiger partial charge in [0.1, 0.15) is 11.4 Å². The minimum Gasteiger partial charge on any atom is -0.444 e. The molecule has 1 aliphatic rings. The Morgan fingerprint density at radius 3 is 2.85 bits per heavy atom. The van der Waals surface area contributed by atoms with Crippen LogP contribution >= 0.6 is 0 Å². The third-order valence-corrected chi connectivity index (χ3v) is 2.79. The van der Waals surface area contributed by atoms with E-state index in [1.165, 1.54) is 0 Å². The van der Waals surface area contributed by atoms with Crippen molar-refractivity contribution in [3.63, 3.8) is 0 Å². The number of nitrogens with one attached hydrogen (secondary N) is 1. The summed E-state index contributed by atoms with van der Waals surface area (Å²) in [7, 11) is 0. The van der Waals surface area contributed by atoms with Gasteiger partial charge in [-0.1, -0.05) is 0 Å². The van der Waals surface area contributed by atoms with Gasteiger partial charge in [0.15, 0.2) is 0 Å². The molecule has 20 heavy (non-hydrogen) atoms. The lowest BCUT2D eigenvalue weighted by atomic mass is 10.2. The highest BCUT2D eigenvalue weighted by molar-refractivity contribution is 5.87. The Hall–Kier alpha value is -1.30. The van der Waals surface area contributed by atoms with E-state index >= 15 is 0 Å². The van der Waals surface area contributed by atoms with E-state index in [1.54, 1.807) is 11.8 Å². The van der Waals surface area contributed by atoms with Crippen LogP contribution in [0.3, 0.4) is 0 Å². The molecule has 0 fully saturated rings. The lowest BCUT2D eigenvalue weighted by Crippen LogP contribution is -2.47. The number of nitrogens with zero attached hydrogens (tertiary/aromatic N) is 2. The zero-order valence-corrected chi connectivity index (χ0v) is 13.0. The minimum atomic E-state index is -0.476. The van der Waals surface area contributed by atoms with Crippen LogP contribution in [-0.4, -0.2) is 59.8 Å². The highest BCUT2D eigenvalue weighted by Gasteiger charge is 2.24. The van der Waals surface area contributed by atoms with Crippen LogP contribution < -0.4 is 5.32 Å². The van der Waals surface area contributed by atoms with Crippen LogP contribution in [0.1, 0.15) is 40.5 Å². The molecular formula is C14H27N3O3. The number of aliphatic hydroxyl groups excluding tert-OH is 1. The Balaban J connectivity index is 2.34. The molecule has 0 aliphatic carbocycles. The molecule has 0 spiro atoms. The van der Waals surface area contributed by atoms with E-state index in [4.69, 9.17) is 4.74 Å². The molecule has 116 valence electrons. The van der Waals surface area contributed by atoms with Gasteiger partial charge in [0, 0.05) is 13.1 Å². The average Bonchev–Trinajstić information content (AvgIpc) is 2.33. The standard InChI is InChI=1S/C14H27N3O3/c1-11(18)6-5-7-15-12-10-17(9-8-16-12)13(19)20-14(2,3)4/h11,18H,5-10H2,1-4H3,(H,15,16). The quantitative estimate of drug-likeness (QED) is 0.765. The monoisotopic (exact) mass is 285 g/mol. The highest BCUT2D eigenvalue weighted by Crippen LogP contribution is 2.11. The van der Waals surface area contributed by atoms with E-state index < -0.39 is 5.60 Å². The number of ether oxygens (including phenoxy) is 1. The number of amides is 1. The van der Waals surface area contributed by atoms with Crippen molar-refractivity contribution in [2.75, 3.05) is 26.2 Å². The first-order chi connectivity index (χ1) is 9.28. The third-order valence-electron chi connectivity index (χ3n) is 2.79. The fourth-order valence-corrected chi connectivity index (χ4v) is 1.84. The van der Waals surface area contributed by atoms with Crippen molar-refractivity contribution in [2.24, 2.45) is 4.99 Å². The molecule has 0 aromatic heterocycles. The molecule has 1 aliphatic heterocycles. The van der Waals surface area contributed by atoms with Crippen molar-refractivity contribution in [2.45, 2.75) is 52.2 Å². The van der Waals surface area contributed by atoms with Crippen LogP contribution in [-0.2, 0) is 4.74 Å². The molecule has 6 nitrogen and oxygen atoms in total. The molecule has 6 heteroatoms. The summed E-state index contributed by atoms with van der Waals surface area (Å²) >= 11 is 0. The summed E-state index contributed by atoms with van der Waals surface area (Å²) in [6.07, 6.45) is 1.07. The molecule has 1 rings (SSSR count). The number of aliphatic hydroxyl groups is 1. The minimum absolute atomic E-state index is 0.275. The second-order valence-electron chi connectivity index (χ2n) is 6.15. The van der Waals surface area contributed by atoms with Crippen LogP contribution in [0.15, 0.2) is 4.99 Å². The lowest BCUT2D eigenvalue weighted by Gasteiger charge is -2.30. The Kier molecular flexibility index (Phi) is 6.26. The molecule has 0 saturated heterocycles. The maximum absolute atomic E-state index is 12.0. The number of hydrogen-bond donors (Lipinski definition) is 2. The molecule has 1 atom stereocenters. The second-order valence-corrected chi connectivity index (χ2v) is 6.15. The predicted octanol–water partition coefficient (Wildman–Crippen LogP) is 1.39. The third kappa shape index (κ3) is 6.75. The van der Waals surface area contributed by atoms with Crippen LogP contribution in [0.4, 0.5) is 4.79 Å². The molecule has 0 aromatic carbocycles. The van der Waals surface area contributed by atoms with Gasteiger partial charge in [-0.05, 0) is 40.5 Å². The van der Waals surface area contributed by atoms with Crippen molar-refractivity contribution in [3.05, 3.63) is 0 Å². The fraction of sp³-hybridized carbons (Fsp3) is 0.857. The number of aliphatic imine (C=N–C) groups is 1. The van der Waals surface area contributed by atoms with Gasteiger partial charge < -0.3 is 15.2 Å². The first kappa shape index (κ1) is 16.8. The zero-order valence-electron chi connectivity index (χ0n) is 13.0. The summed E-state index contributed by atoms with van der Waals surface area (Å²) < 4.78 is 5.35. The summed E-state index contributed by atoms with van der Waals surface area (Å²) in [4.78, 5) is 18.0. The second kappa shape index (κ2) is 7.47. The Morgan fingerprint density at radius 1 is 1.55 bits per heavy atom. The normalized spacial score (nSPS) is 17.4. The van der Waals surface area contributed by atoms with Crippen molar-refractivity contribution in [3.8, 4) is 0 Å². The summed E-state index contributed by atoms with van der Waals surface area (Å²) in [5, 5.41) is 12.4. The van der Waals surface area contributed by atoms with E-state index in [-0.39, 0.29) is 12.2 Å². The van der Waals surface area contributed by atoms with Gasteiger partial charge in [-0.2, -0.15) is 0 Å². The first-order valence-electron chi connectivity index (χ1n) is 7.21. The topological polar surface area (TPSA) is 74.2 Å². The van der Waals surface area contributed by atoms with E-state index in [0.717, 1.165) is 25.2 Å². The zero-order chi connectivity index (χ0) is 15.2. The molecule has 0 aromatic rings. The van der Waals surface area contributed by atoms with Crippen LogP contribution in [0.25, 0.3) is 0 Å². The SMILES string of the molecule is CC(O)CCCNC1=NCCN(C(=O)OC(C)(C)C)C1. The Bertz CT molecular complexity index is 348. The smallest absolute Gasteiger partial charge is 0.410 e. The number of rotatable bonds is 4. The number of carbonyl (C=O) groups is 1. The van der Waals surface area contributed by atoms with Crippen molar-refractivity contribution < 1.29 is 14.6 Å². The van der Waals surface area contributed by atoms with Gasteiger partial charge in [-0.25, -0.2) is 4.79 Å². The number of carbonyl (C=O) groups excluding carboxylic acids is 1. The van der Waals surface area contributed by atoms with Gasteiger partial charge in [0.05, 0.1) is 19.2 Å². The molecule has 1 amide bonds. The summed E-state index contributed by atoms with van der Waals surface area (Å²) in [5.41, 5.74) is -0.476. The highest BCUT2D eigenvalue weighted by atomic mass is 16.6. The number of hydrogen-bond acceptors (Lipinski definition) is 5. The van der Waals surface area contributed by atoms with Gasteiger partial charge in [-0.15, -0.1) is 0 Å². The Labute approximate surface area is 121 Å². The van der Waals surface area contributed by atoms with Crippen molar-refractivity contribution in [1.82, 2.24) is 10.2 Å². The molecule has 2 N–H and O–H groups in total. The van der Waals surface area contributed by atoms with Gasteiger partial charge in [0.25, 0.3) is 0 Å². The van der Waals surface area contributed by atoms with E-state index in [2.05, 4.69) is 10.3 Å². The molecule has 0 bridgehead atoms. The van der Waals surface area contributed by atoms with Crippen LogP contribution in [0, 0.1) is 0 Å². The van der Waals surface area contributed by atoms with E-state index in [9.17, 15) is 9.90 Å². The van der Waals surface area contributed by atoms with E-state index in [0.29, 0.717) is 19.6 Å². The maximum atomic E-state index is 12.0.